The molecule has 2 rings (SSSR count). The summed E-state index contributed by atoms with van der Waals surface area (Å²) in [6, 6.07) is 6.90. The molecule has 0 spiro atoms. The first-order chi connectivity index (χ1) is 7.65. The molecule has 2 heterocycles. The Morgan fingerprint density at radius 2 is 2.31 bits per heavy atom. The highest BCUT2D eigenvalue weighted by atomic mass is 79.9. The molecule has 0 radical (unpaired) electrons. The van der Waals surface area contributed by atoms with Crippen molar-refractivity contribution in [2.24, 2.45) is 0 Å². The molecule has 0 aromatic carbocycles. The van der Waals surface area contributed by atoms with Crippen molar-refractivity contribution in [1.82, 2.24) is 15.2 Å². The molecule has 2 N–H and O–H groups in total. The second kappa shape index (κ2) is 4.44. The molecule has 16 heavy (non-hydrogen) atoms. The summed E-state index contributed by atoms with van der Waals surface area (Å²) in [4.78, 5) is 15.8. The Kier molecular flexibility index (Phi) is 3.00. The molecule has 0 aliphatic carbocycles. The van der Waals surface area contributed by atoms with Crippen molar-refractivity contribution in [2.75, 3.05) is 5.32 Å². The van der Waals surface area contributed by atoms with E-state index in [1.54, 1.807) is 24.3 Å². The maximum atomic E-state index is 11.7. The lowest BCUT2D eigenvalue weighted by atomic mass is 10.3. The van der Waals surface area contributed by atoms with Crippen LogP contribution < -0.4 is 5.32 Å². The number of rotatable bonds is 2. The zero-order valence-corrected chi connectivity index (χ0v) is 10.1. The van der Waals surface area contributed by atoms with Gasteiger partial charge in [-0.2, -0.15) is 5.10 Å². The van der Waals surface area contributed by atoms with Crippen molar-refractivity contribution in [1.29, 1.82) is 0 Å². The van der Waals surface area contributed by atoms with E-state index in [0.29, 0.717) is 16.1 Å². The van der Waals surface area contributed by atoms with Gasteiger partial charge in [0.1, 0.15) is 10.3 Å². The number of carbonyl (C=O) groups is 1. The van der Waals surface area contributed by atoms with Crippen molar-refractivity contribution in [3.05, 3.63) is 40.3 Å². The van der Waals surface area contributed by atoms with Crippen molar-refractivity contribution in [3.63, 3.8) is 0 Å². The summed E-state index contributed by atoms with van der Waals surface area (Å²) in [7, 11) is 0. The van der Waals surface area contributed by atoms with E-state index >= 15 is 0 Å². The van der Waals surface area contributed by atoms with E-state index in [9.17, 15) is 4.79 Å². The van der Waals surface area contributed by atoms with Gasteiger partial charge in [-0.25, -0.2) is 4.98 Å². The second-order valence-corrected chi connectivity index (χ2v) is 4.05. The van der Waals surface area contributed by atoms with Crippen LogP contribution in [0.25, 0.3) is 0 Å². The van der Waals surface area contributed by atoms with Gasteiger partial charge in [0, 0.05) is 11.8 Å². The number of halogens is 1. The zero-order valence-electron chi connectivity index (χ0n) is 8.49. The van der Waals surface area contributed by atoms with Crippen LogP contribution in [0.1, 0.15) is 16.2 Å². The first kappa shape index (κ1) is 10.8. The first-order valence-electron chi connectivity index (χ1n) is 4.61. The van der Waals surface area contributed by atoms with Gasteiger partial charge in [-0.3, -0.25) is 9.89 Å². The molecule has 6 heteroatoms. The Morgan fingerprint density at radius 1 is 1.50 bits per heavy atom. The summed E-state index contributed by atoms with van der Waals surface area (Å²) in [6.07, 6.45) is 0. The number of hydrogen-bond donors (Lipinski definition) is 2. The molecule has 0 saturated heterocycles. The number of H-pyrrole nitrogens is 1. The van der Waals surface area contributed by atoms with E-state index < -0.39 is 0 Å². The van der Waals surface area contributed by atoms with E-state index in [1.165, 1.54) is 0 Å². The highest BCUT2D eigenvalue weighted by Crippen LogP contribution is 2.09. The number of aromatic nitrogens is 3. The third-order valence-corrected chi connectivity index (χ3v) is 2.34. The Bertz CT molecular complexity index is 523. The quantitative estimate of drug-likeness (QED) is 0.828. The highest BCUT2D eigenvalue weighted by molar-refractivity contribution is 9.10. The lowest BCUT2D eigenvalue weighted by Crippen LogP contribution is -2.13. The predicted molar refractivity (Wildman–Crippen MR) is 63.2 cm³/mol. The number of carbonyl (C=O) groups excluding carboxylic acids is 1. The molecule has 0 aliphatic heterocycles. The number of pyridine rings is 1. The van der Waals surface area contributed by atoms with Crippen LogP contribution in [0.5, 0.6) is 0 Å². The summed E-state index contributed by atoms with van der Waals surface area (Å²) < 4.78 is 0.623. The maximum absolute atomic E-state index is 11.7. The molecule has 2 aromatic rings. The molecule has 5 nitrogen and oxygen atoms in total. The fourth-order valence-corrected chi connectivity index (χ4v) is 1.54. The van der Waals surface area contributed by atoms with Gasteiger partial charge in [0.05, 0.1) is 0 Å². The summed E-state index contributed by atoms with van der Waals surface area (Å²) in [5.74, 6) is 0.206. The topological polar surface area (TPSA) is 70.7 Å². The van der Waals surface area contributed by atoms with Crippen LogP contribution >= 0.6 is 15.9 Å². The predicted octanol–water partition coefficient (Wildman–Crippen LogP) is 2.13. The average molecular weight is 281 g/mol. The van der Waals surface area contributed by atoms with Crippen LogP contribution in [0.2, 0.25) is 0 Å². The zero-order chi connectivity index (χ0) is 11.5. The second-order valence-electron chi connectivity index (χ2n) is 3.24. The Labute approximate surface area is 100 Å². The molecule has 0 atom stereocenters. The van der Waals surface area contributed by atoms with E-state index in [1.807, 2.05) is 6.92 Å². The Hall–Kier alpha value is -1.69. The smallest absolute Gasteiger partial charge is 0.275 e. The van der Waals surface area contributed by atoms with Gasteiger partial charge < -0.3 is 5.32 Å². The third kappa shape index (κ3) is 2.46. The minimum Gasteiger partial charge on any atom is -0.304 e. The van der Waals surface area contributed by atoms with Crippen molar-refractivity contribution in [2.45, 2.75) is 6.92 Å². The number of aryl methyl sites for hydroxylation is 1. The van der Waals surface area contributed by atoms with Gasteiger partial charge in [0.25, 0.3) is 5.91 Å². The summed E-state index contributed by atoms with van der Waals surface area (Å²) in [5, 5.41) is 9.29. The number of amides is 1. The van der Waals surface area contributed by atoms with Gasteiger partial charge >= 0.3 is 0 Å². The molecule has 2 aromatic heterocycles. The first-order valence-corrected chi connectivity index (χ1v) is 5.40. The third-order valence-electron chi connectivity index (χ3n) is 1.90. The fraction of sp³-hybridized carbons (Fsp3) is 0.100. The van der Waals surface area contributed by atoms with E-state index in [0.717, 1.165) is 5.69 Å². The lowest BCUT2D eigenvalue weighted by Gasteiger charge is -2.00. The average Bonchev–Trinajstić information content (AvgIpc) is 2.64. The molecule has 0 bridgehead atoms. The molecular formula is C10H9BrN4O. The molecule has 0 saturated carbocycles. The lowest BCUT2D eigenvalue weighted by molar-refractivity contribution is 0.102. The minimum absolute atomic E-state index is 0.284. The number of nitrogens with one attached hydrogen (secondary N) is 2. The molecule has 0 unspecified atom stereocenters. The van der Waals surface area contributed by atoms with Crippen LogP contribution in [-0.4, -0.2) is 21.1 Å². The monoisotopic (exact) mass is 280 g/mol. The SMILES string of the molecule is Cc1cc(NC(=O)c2cccc(Br)n2)n[nH]1. The number of hydrogen-bond acceptors (Lipinski definition) is 3. The molecule has 82 valence electrons. The standard InChI is InChI=1S/C10H9BrN4O/c1-6-5-9(15-14-6)13-10(16)7-3-2-4-8(11)12-7/h2-5H,1H3,(H2,13,14,15,16). The Morgan fingerprint density at radius 3 is 2.94 bits per heavy atom. The van der Waals surface area contributed by atoms with Gasteiger partial charge in [-0.1, -0.05) is 6.07 Å². The summed E-state index contributed by atoms with van der Waals surface area (Å²) >= 11 is 3.21. The van der Waals surface area contributed by atoms with Gasteiger partial charge in [0.15, 0.2) is 5.82 Å². The van der Waals surface area contributed by atoms with Crippen molar-refractivity contribution in [3.8, 4) is 0 Å². The van der Waals surface area contributed by atoms with Crippen LogP contribution in [0.15, 0.2) is 28.9 Å². The fourth-order valence-electron chi connectivity index (χ4n) is 1.20. The van der Waals surface area contributed by atoms with Gasteiger partial charge in [0.2, 0.25) is 0 Å². The highest BCUT2D eigenvalue weighted by Gasteiger charge is 2.09. The normalized spacial score (nSPS) is 10.1. The number of nitrogens with zero attached hydrogens (tertiary/aromatic N) is 2. The molecular weight excluding hydrogens is 272 g/mol. The van der Waals surface area contributed by atoms with E-state index in [4.69, 9.17) is 0 Å². The molecule has 1 amide bonds. The summed E-state index contributed by atoms with van der Waals surface area (Å²) in [5.41, 5.74) is 1.23. The number of aromatic amines is 1. The minimum atomic E-state index is -0.284. The number of anilines is 1. The maximum Gasteiger partial charge on any atom is 0.275 e. The van der Waals surface area contributed by atoms with E-state index in [2.05, 4.69) is 36.4 Å². The molecule has 0 fully saturated rings. The summed E-state index contributed by atoms with van der Waals surface area (Å²) in [6.45, 7) is 1.86. The van der Waals surface area contributed by atoms with Gasteiger partial charge in [-0.15, -0.1) is 0 Å². The van der Waals surface area contributed by atoms with Crippen LogP contribution in [-0.2, 0) is 0 Å². The van der Waals surface area contributed by atoms with Crippen LogP contribution in [0, 0.1) is 6.92 Å². The van der Waals surface area contributed by atoms with Crippen LogP contribution in [0.4, 0.5) is 5.82 Å². The van der Waals surface area contributed by atoms with Gasteiger partial charge in [-0.05, 0) is 35.0 Å². The van der Waals surface area contributed by atoms with Crippen molar-refractivity contribution < 1.29 is 4.79 Å². The largest absolute Gasteiger partial charge is 0.304 e. The molecule has 0 aliphatic rings. The van der Waals surface area contributed by atoms with Crippen molar-refractivity contribution >= 4 is 27.7 Å². The Balaban J connectivity index is 2.14. The van der Waals surface area contributed by atoms with Crippen LogP contribution in [0.3, 0.4) is 0 Å². The van der Waals surface area contributed by atoms with E-state index in [-0.39, 0.29) is 5.91 Å².